The first kappa shape index (κ1) is 21.3. The van der Waals surface area contributed by atoms with Gasteiger partial charge in [0.05, 0.1) is 4.90 Å². The maximum Gasteiger partial charge on any atom is 0.238 e. The van der Waals surface area contributed by atoms with Crippen LogP contribution in [0.5, 0.6) is 5.75 Å². The lowest BCUT2D eigenvalue weighted by Gasteiger charge is -2.09. The maximum atomic E-state index is 11.3. The SMILES string of the molecule is NS(=O)(=O)c1ccc(CCNCc2ccc(OCc3cccc(Cl)c3)cc2)cc1. The summed E-state index contributed by atoms with van der Waals surface area (Å²) in [5.41, 5.74) is 3.24. The highest BCUT2D eigenvalue weighted by atomic mass is 35.5. The summed E-state index contributed by atoms with van der Waals surface area (Å²) in [4.78, 5) is 0.131. The van der Waals surface area contributed by atoms with Crippen molar-refractivity contribution in [3.05, 3.63) is 94.5 Å². The van der Waals surface area contributed by atoms with Crippen LogP contribution in [0.3, 0.4) is 0 Å². The molecular formula is C22H23ClN2O3S. The summed E-state index contributed by atoms with van der Waals surface area (Å²) in [6.45, 7) is 1.99. The van der Waals surface area contributed by atoms with E-state index in [-0.39, 0.29) is 4.90 Å². The summed E-state index contributed by atoms with van der Waals surface area (Å²) in [5.74, 6) is 0.809. The number of hydrogen-bond donors (Lipinski definition) is 2. The maximum absolute atomic E-state index is 11.3. The molecule has 0 saturated carbocycles. The van der Waals surface area contributed by atoms with Crippen LogP contribution in [-0.2, 0) is 29.6 Å². The van der Waals surface area contributed by atoms with Gasteiger partial charge in [-0.15, -0.1) is 0 Å². The Bertz CT molecular complexity index is 1040. The molecule has 0 bridgehead atoms. The average molecular weight is 431 g/mol. The Balaban J connectivity index is 1.41. The van der Waals surface area contributed by atoms with E-state index < -0.39 is 10.0 Å². The minimum atomic E-state index is -3.64. The van der Waals surface area contributed by atoms with Gasteiger partial charge in [0.2, 0.25) is 10.0 Å². The Labute approximate surface area is 176 Å². The molecule has 3 N–H and O–H groups in total. The highest BCUT2D eigenvalue weighted by molar-refractivity contribution is 7.89. The van der Waals surface area contributed by atoms with Crippen molar-refractivity contribution >= 4 is 21.6 Å². The monoisotopic (exact) mass is 430 g/mol. The van der Waals surface area contributed by atoms with Gasteiger partial charge < -0.3 is 10.1 Å². The summed E-state index contributed by atoms with van der Waals surface area (Å²) in [5, 5.41) is 9.19. The smallest absolute Gasteiger partial charge is 0.238 e. The topological polar surface area (TPSA) is 81.4 Å². The first-order valence-electron chi connectivity index (χ1n) is 9.19. The number of nitrogens with one attached hydrogen (secondary N) is 1. The number of rotatable bonds is 9. The summed E-state index contributed by atoms with van der Waals surface area (Å²) >= 11 is 5.98. The van der Waals surface area contributed by atoms with Crippen molar-refractivity contribution in [2.24, 2.45) is 5.14 Å². The summed E-state index contributed by atoms with van der Waals surface area (Å²) in [6.07, 6.45) is 0.797. The van der Waals surface area contributed by atoms with Crippen LogP contribution in [0.4, 0.5) is 0 Å². The Morgan fingerprint density at radius 3 is 2.24 bits per heavy atom. The number of nitrogens with two attached hydrogens (primary N) is 1. The minimum Gasteiger partial charge on any atom is -0.489 e. The molecule has 152 valence electrons. The third kappa shape index (κ3) is 6.87. The Kier molecular flexibility index (Phi) is 7.28. The van der Waals surface area contributed by atoms with Crippen molar-refractivity contribution in [2.45, 2.75) is 24.5 Å². The van der Waals surface area contributed by atoms with Crippen LogP contribution in [0.2, 0.25) is 5.02 Å². The van der Waals surface area contributed by atoms with Gasteiger partial charge in [-0.1, -0.05) is 48.0 Å². The van der Waals surface area contributed by atoms with E-state index in [0.29, 0.717) is 11.6 Å². The van der Waals surface area contributed by atoms with Gasteiger partial charge in [0, 0.05) is 11.6 Å². The van der Waals surface area contributed by atoms with Crippen molar-refractivity contribution in [1.29, 1.82) is 0 Å². The van der Waals surface area contributed by atoms with E-state index in [1.165, 1.54) is 12.1 Å². The second-order valence-corrected chi connectivity index (χ2v) is 8.68. The van der Waals surface area contributed by atoms with E-state index >= 15 is 0 Å². The van der Waals surface area contributed by atoms with Crippen LogP contribution in [0.1, 0.15) is 16.7 Å². The molecular weight excluding hydrogens is 408 g/mol. The zero-order valence-corrected chi connectivity index (χ0v) is 17.4. The summed E-state index contributed by atoms with van der Waals surface area (Å²) < 4.78 is 28.3. The lowest BCUT2D eigenvalue weighted by Crippen LogP contribution is -2.17. The highest BCUT2D eigenvalue weighted by Crippen LogP contribution is 2.16. The number of ether oxygens (including phenoxy) is 1. The fraction of sp³-hybridized carbons (Fsp3) is 0.182. The lowest BCUT2D eigenvalue weighted by atomic mass is 10.1. The van der Waals surface area contributed by atoms with Crippen LogP contribution in [0.15, 0.2) is 77.7 Å². The fourth-order valence-electron chi connectivity index (χ4n) is 2.81. The van der Waals surface area contributed by atoms with Gasteiger partial charge in [0.15, 0.2) is 0 Å². The van der Waals surface area contributed by atoms with E-state index in [1.807, 2.05) is 48.5 Å². The van der Waals surface area contributed by atoms with E-state index in [2.05, 4.69) is 5.32 Å². The molecule has 7 heteroatoms. The zero-order chi connectivity index (χ0) is 20.7. The standard InChI is InChI=1S/C22H23ClN2O3S/c23-20-3-1-2-19(14-20)16-28-21-8-4-18(5-9-21)15-25-13-12-17-6-10-22(11-7-17)29(24,26)27/h1-11,14,25H,12-13,15-16H2,(H2,24,26,27). The first-order chi connectivity index (χ1) is 13.9. The molecule has 0 fully saturated rings. The fourth-order valence-corrected chi connectivity index (χ4v) is 3.54. The molecule has 0 saturated heterocycles. The predicted molar refractivity (Wildman–Crippen MR) is 115 cm³/mol. The molecule has 0 aliphatic rings. The van der Waals surface area contributed by atoms with Gasteiger partial charge in [0.1, 0.15) is 12.4 Å². The van der Waals surface area contributed by atoms with Gasteiger partial charge in [-0.25, -0.2) is 13.6 Å². The zero-order valence-electron chi connectivity index (χ0n) is 15.8. The van der Waals surface area contributed by atoms with Gasteiger partial charge in [-0.3, -0.25) is 0 Å². The van der Waals surface area contributed by atoms with Gasteiger partial charge >= 0.3 is 0 Å². The largest absolute Gasteiger partial charge is 0.489 e. The van der Waals surface area contributed by atoms with Crippen LogP contribution in [-0.4, -0.2) is 15.0 Å². The predicted octanol–water partition coefficient (Wildman–Crippen LogP) is 3.90. The highest BCUT2D eigenvalue weighted by Gasteiger charge is 2.06. The molecule has 0 radical (unpaired) electrons. The second-order valence-electron chi connectivity index (χ2n) is 6.68. The summed E-state index contributed by atoms with van der Waals surface area (Å²) in [6, 6.07) is 22.2. The third-order valence-corrected chi connectivity index (χ3v) is 5.55. The molecule has 0 aliphatic carbocycles. The Morgan fingerprint density at radius 1 is 0.897 bits per heavy atom. The lowest BCUT2D eigenvalue weighted by molar-refractivity contribution is 0.306. The number of sulfonamides is 1. The van der Waals surface area contributed by atoms with Crippen LogP contribution in [0, 0.1) is 0 Å². The van der Waals surface area contributed by atoms with E-state index in [4.69, 9.17) is 21.5 Å². The molecule has 0 aromatic heterocycles. The third-order valence-electron chi connectivity index (χ3n) is 4.39. The van der Waals surface area contributed by atoms with E-state index in [1.54, 1.807) is 12.1 Å². The minimum absolute atomic E-state index is 0.131. The quantitative estimate of drug-likeness (QED) is 0.504. The van der Waals surface area contributed by atoms with Gasteiger partial charge in [-0.2, -0.15) is 0 Å². The van der Waals surface area contributed by atoms with Gasteiger partial charge in [0.25, 0.3) is 0 Å². The molecule has 3 aromatic carbocycles. The number of benzene rings is 3. The van der Waals surface area contributed by atoms with Crippen molar-refractivity contribution < 1.29 is 13.2 Å². The second kappa shape index (κ2) is 9.89. The molecule has 0 unspecified atom stereocenters. The normalized spacial score (nSPS) is 11.4. The molecule has 0 aliphatic heterocycles. The molecule has 0 atom stereocenters. The molecule has 29 heavy (non-hydrogen) atoms. The Morgan fingerprint density at radius 2 is 1.59 bits per heavy atom. The van der Waals surface area contributed by atoms with Crippen molar-refractivity contribution in [3.8, 4) is 5.75 Å². The van der Waals surface area contributed by atoms with Crippen molar-refractivity contribution in [1.82, 2.24) is 5.32 Å². The van der Waals surface area contributed by atoms with E-state index in [9.17, 15) is 8.42 Å². The van der Waals surface area contributed by atoms with Crippen LogP contribution in [0.25, 0.3) is 0 Å². The number of halogens is 1. The van der Waals surface area contributed by atoms with Crippen LogP contribution >= 0.6 is 11.6 Å². The van der Waals surface area contributed by atoms with E-state index in [0.717, 1.165) is 42.0 Å². The van der Waals surface area contributed by atoms with Crippen molar-refractivity contribution in [2.75, 3.05) is 6.54 Å². The molecule has 0 amide bonds. The molecule has 3 aromatic rings. The molecule has 0 heterocycles. The van der Waals surface area contributed by atoms with Gasteiger partial charge in [-0.05, 0) is 66.1 Å². The Hall–Kier alpha value is -2.38. The molecule has 0 spiro atoms. The number of primary sulfonamides is 1. The number of hydrogen-bond acceptors (Lipinski definition) is 4. The van der Waals surface area contributed by atoms with Crippen LogP contribution < -0.4 is 15.2 Å². The average Bonchev–Trinajstić information content (AvgIpc) is 2.70. The first-order valence-corrected chi connectivity index (χ1v) is 11.1. The summed E-state index contributed by atoms with van der Waals surface area (Å²) in [7, 11) is -3.64. The molecule has 5 nitrogen and oxygen atoms in total. The van der Waals surface area contributed by atoms with Crippen molar-refractivity contribution in [3.63, 3.8) is 0 Å². The molecule has 3 rings (SSSR count).